The number of nitrogens with zero attached hydrogens (tertiary/aromatic N) is 5. The van der Waals surface area contributed by atoms with Gasteiger partial charge in [-0.25, -0.2) is 28.1 Å². The zero-order chi connectivity index (χ0) is 25.1. The molecule has 0 unspecified atom stereocenters. The van der Waals surface area contributed by atoms with Gasteiger partial charge in [0.15, 0.2) is 5.82 Å². The lowest BCUT2D eigenvalue weighted by molar-refractivity contribution is 0.0817. The van der Waals surface area contributed by atoms with E-state index < -0.39 is 12.2 Å². The van der Waals surface area contributed by atoms with Gasteiger partial charge in [-0.05, 0) is 29.7 Å². The molecule has 4 rings (SSSR count). The van der Waals surface area contributed by atoms with Crippen molar-refractivity contribution in [2.75, 3.05) is 31.2 Å². The molecule has 0 aliphatic carbocycles. The van der Waals surface area contributed by atoms with Gasteiger partial charge in [0, 0.05) is 54.8 Å². The summed E-state index contributed by atoms with van der Waals surface area (Å²) < 4.78 is 40.1. The molecule has 0 bridgehead atoms. The second kappa shape index (κ2) is 10.4. The van der Waals surface area contributed by atoms with Crippen molar-refractivity contribution in [2.45, 2.75) is 33.2 Å². The fourth-order valence-corrected chi connectivity index (χ4v) is 4.25. The van der Waals surface area contributed by atoms with E-state index in [0.29, 0.717) is 36.6 Å². The number of benzene rings is 1. The minimum atomic E-state index is -2.36. The number of pyridine rings is 1. The Morgan fingerprint density at radius 3 is 2.71 bits per heavy atom. The highest BCUT2D eigenvalue weighted by atomic mass is 19.3. The molecule has 184 valence electrons. The van der Waals surface area contributed by atoms with E-state index in [1.165, 1.54) is 0 Å². The van der Waals surface area contributed by atoms with Crippen molar-refractivity contribution in [1.29, 1.82) is 0 Å². The number of rotatable bonds is 7. The van der Waals surface area contributed by atoms with Gasteiger partial charge >= 0.3 is 0 Å². The third-order valence-corrected chi connectivity index (χ3v) is 5.90. The normalized spacial score (nSPS) is 14.5. The van der Waals surface area contributed by atoms with Crippen molar-refractivity contribution in [2.24, 2.45) is 10.9 Å². The summed E-state index contributed by atoms with van der Waals surface area (Å²) in [5.41, 5.74) is 10.7. The summed E-state index contributed by atoms with van der Waals surface area (Å²) >= 11 is 0. The van der Waals surface area contributed by atoms with E-state index in [2.05, 4.69) is 25.3 Å². The summed E-state index contributed by atoms with van der Waals surface area (Å²) in [6, 6.07) is 8.82. The molecule has 0 fully saturated rings. The number of fused-ring (bicyclic) bond motifs is 1. The van der Waals surface area contributed by atoms with Crippen molar-refractivity contribution in [3.05, 3.63) is 59.2 Å². The number of nitrogen functional groups attached to an aromatic ring is 1. The number of halogens is 3. The lowest BCUT2D eigenvalue weighted by atomic mass is 9.95. The topological polar surface area (TPSA) is 92.3 Å². The van der Waals surface area contributed by atoms with Crippen LogP contribution in [0.4, 0.5) is 30.6 Å². The molecule has 1 aliphatic rings. The van der Waals surface area contributed by atoms with Gasteiger partial charge in [0.25, 0.3) is 6.43 Å². The lowest BCUT2D eigenvalue weighted by Gasteiger charge is -2.27. The van der Waals surface area contributed by atoms with Gasteiger partial charge in [-0.15, -0.1) is 0 Å². The first kappa shape index (κ1) is 24.6. The Bertz CT molecular complexity index is 1240. The largest absolute Gasteiger partial charge is 0.398 e. The van der Waals surface area contributed by atoms with Gasteiger partial charge in [-0.3, -0.25) is 9.89 Å². The van der Waals surface area contributed by atoms with E-state index in [1.807, 2.05) is 19.9 Å². The summed E-state index contributed by atoms with van der Waals surface area (Å²) in [5.74, 6) is 0.267. The molecular weight excluding hydrogens is 455 g/mol. The second-order valence-corrected chi connectivity index (χ2v) is 8.76. The quantitative estimate of drug-likeness (QED) is 0.374. The van der Waals surface area contributed by atoms with Gasteiger partial charge in [0.05, 0.1) is 12.7 Å². The standard InChI is InChI=1S/C25H28F3N7/c1-14(2)23(30-3)17-10-15(4-6-19(17)29)24-18(26)11-31-25(34-24)33-22-7-5-16-12-35(13-21(27)28)9-8-20(16)32-22/h4-7,10-11,14,21H,8-9,12-13,29H2,1-3H3,(H,31,32,33,34). The number of hydrogen-bond acceptors (Lipinski definition) is 7. The van der Waals surface area contributed by atoms with E-state index in [0.717, 1.165) is 28.7 Å². The molecule has 2 aromatic heterocycles. The van der Waals surface area contributed by atoms with E-state index in [9.17, 15) is 13.2 Å². The smallest absolute Gasteiger partial charge is 0.251 e. The van der Waals surface area contributed by atoms with Crippen LogP contribution in [0.1, 0.15) is 30.7 Å². The van der Waals surface area contributed by atoms with Gasteiger partial charge in [0.1, 0.15) is 11.5 Å². The molecule has 3 N–H and O–H groups in total. The summed E-state index contributed by atoms with van der Waals surface area (Å²) in [5, 5.41) is 3.03. The van der Waals surface area contributed by atoms with Crippen LogP contribution in [0.3, 0.4) is 0 Å². The van der Waals surface area contributed by atoms with Crippen LogP contribution in [-0.4, -0.2) is 52.1 Å². The van der Waals surface area contributed by atoms with E-state index >= 15 is 0 Å². The van der Waals surface area contributed by atoms with E-state index in [4.69, 9.17) is 5.73 Å². The molecule has 0 amide bonds. The zero-order valence-electron chi connectivity index (χ0n) is 19.9. The maximum Gasteiger partial charge on any atom is 0.251 e. The maximum absolute atomic E-state index is 14.7. The highest BCUT2D eigenvalue weighted by molar-refractivity contribution is 6.06. The number of aromatic nitrogens is 3. The number of aliphatic imine (C=N–C) groups is 1. The number of alkyl halides is 2. The second-order valence-electron chi connectivity index (χ2n) is 8.76. The minimum absolute atomic E-state index is 0.128. The van der Waals surface area contributed by atoms with Crippen molar-refractivity contribution in [1.82, 2.24) is 19.9 Å². The monoisotopic (exact) mass is 483 g/mol. The molecule has 3 heterocycles. The molecule has 0 spiro atoms. The number of anilines is 3. The molecule has 1 aliphatic heterocycles. The van der Waals surface area contributed by atoms with Gasteiger partial charge < -0.3 is 11.1 Å². The molecule has 3 aromatic rings. The highest BCUT2D eigenvalue weighted by Gasteiger charge is 2.21. The van der Waals surface area contributed by atoms with Crippen molar-refractivity contribution in [3.63, 3.8) is 0 Å². The van der Waals surface area contributed by atoms with Crippen molar-refractivity contribution < 1.29 is 13.2 Å². The predicted octanol–water partition coefficient (Wildman–Crippen LogP) is 4.70. The van der Waals surface area contributed by atoms with Crippen LogP contribution in [0.15, 0.2) is 41.5 Å². The molecule has 7 nitrogen and oxygen atoms in total. The highest BCUT2D eigenvalue weighted by Crippen LogP contribution is 2.28. The first-order valence-electron chi connectivity index (χ1n) is 11.4. The summed E-state index contributed by atoms with van der Waals surface area (Å²) in [7, 11) is 1.71. The van der Waals surface area contributed by atoms with Gasteiger partial charge in [-0.1, -0.05) is 26.0 Å². The molecule has 10 heteroatoms. The van der Waals surface area contributed by atoms with Crippen LogP contribution in [0.5, 0.6) is 0 Å². The first-order chi connectivity index (χ1) is 16.7. The average molecular weight is 484 g/mol. The molecule has 0 saturated carbocycles. The first-order valence-corrected chi connectivity index (χ1v) is 11.4. The van der Waals surface area contributed by atoms with Crippen molar-refractivity contribution in [3.8, 4) is 11.3 Å². The minimum Gasteiger partial charge on any atom is -0.398 e. The third kappa shape index (κ3) is 5.59. The summed E-state index contributed by atoms with van der Waals surface area (Å²) in [4.78, 5) is 19.1. The molecule has 0 atom stereocenters. The number of hydrogen-bond donors (Lipinski definition) is 2. The third-order valence-electron chi connectivity index (χ3n) is 5.90. The van der Waals surface area contributed by atoms with E-state index in [1.54, 1.807) is 36.2 Å². The predicted molar refractivity (Wildman–Crippen MR) is 132 cm³/mol. The fraction of sp³-hybridized carbons (Fsp3) is 0.360. The van der Waals surface area contributed by atoms with Crippen LogP contribution in [-0.2, 0) is 13.0 Å². The van der Waals surface area contributed by atoms with E-state index in [-0.39, 0.29) is 24.1 Å². The van der Waals surface area contributed by atoms with Crippen LogP contribution < -0.4 is 11.1 Å². The van der Waals surface area contributed by atoms with Crippen LogP contribution in [0.25, 0.3) is 11.3 Å². The van der Waals surface area contributed by atoms with Gasteiger partial charge in [0.2, 0.25) is 5.95 Å². The average Bonchev–Trinajstić information content (AvgIpc) is 2.81. The Morgan fingerprint density at radius 1 is 1.20 bits per heavy atom. The molecule has 35 heavy (non-hydrogen) atoms. The Labute approximate surface area is 202 Å². The Hall–Kier alpha value is -3.53. The molecular formula is C25H28F3N7. The van der Waals surface area contributed by atoms with Crippen LogP contribution in [0, 0.1) is 11.7 Å². The lowest BCUT2D eigenvalue weighted by Crippen LogP contribution is -2.34. The summed E-state index contributed by atoms with van der Waals surface area (Å²) in [6.07, 6.45) is -0.685. The fourth-order valence-electron chi connectivity index (χ4n) is 4.25. The van der Waals surface area contributed by atoms with Gasteiger partial charge in [-0.2, -0.15) is 0 Å². The number of nitrogens with one attached hydrogen (secondary N) is 1. The van der Waals surface area contributed by atoms with Crippen LogP contribution in [0.2, 0.25) is 0 Å². The SMILES string of the molecule is CN=C(c1cc(-c2nc(Nc3ccc4c(n3)CCN(CC(F)F)C4)ncc2F)ccc1N)C(C)C. The summed E-state index contributed by atoms with van der Waals surface area (Å²) in [6.45, 7) is 4.74. The molecule has 0 saturated heterocycles. The Kier molecular flexibility index (Phi) is 7.30. The zero-order valence-corrected chi connectivity index (χ0v) is 19.9. The Balaban J connectivity index is 1.59. The molecule has 0 radical (unpaired) electrons. The Morgan fingerprint density at radius 2 is 2.00 bits per heavy atom. The van der Waals surface area contributed by atoms with Crippen molar-refractivity contribution >= 4 is 23.2 Å². The number of nitrogens with two attached hydrogens (primary N) is 1. The molecule has 1 aromatic carbocycles. The van der Waals surface area contributed by atoms with Crippen LogP contribution >= 0.6 is 0 Å². The maximum atomic E-state index is 14.7.